The lowest BCUT2D eigenvalue weighted by molar-refractivity contribution is 0.1000. The number of primary amides is 1. The fourth-order valence-electron chi connectivity index (χ4n) is 1.75. The highest BCUT2D eigenvalue weighted by molar-refractivity contribution is 6.30. The Morgan fingerprint density at radius 2 is 2.25 bits per heavy atom. The maximum absolute atomic E-state index is 12.1. The van der Waals surface area contributed by atoms with Gasteiger partial charge in [-0.15, -0.1) is 0 Å². The molecule has 2 N–H and O–H groups in total. The Hall–Kier alpha value is -2.34. The lowest BCUT2D eigenvalue weighted by Crippen LogP contribution is -2.23. The summed E-state index contributed by atoms with van der Waals surface area (Å²) in [4.78, 5) is 27.1. The molecule has 0 aliphatic rings. The van der Waals surface area contributed by atoms with E-state index in [1.165, 1.54) is 18.0 Å². The van der Waals surface area contributed by atoms with Crippen molar-refractivity contribution in [2.45, 2.75) is 6.54 Å². The smallest absolute Gasteiger partial charge is 0.297 e. The molecule has 0 saturated heterocycles. The van der Waals surface area contributed by atoms with Gasteiger partial charge in [0, 0.05) is 5.56 Å². The van der Waals surface area contributed by atoms with Crippen LogP contribution >= 0.6 is 11.6 Å². The summed E-state index contributed by atoms with van der Waals surface area (Å²) in [6, 6.07) is 6.70. The molecule has 1 aromatic heterocycles. The van der Waals surface area contributed by atoms with Crippen molar-refractivity contribution in [1.29, 1.82) is 0 Å². The van der Waals surface area contributed by atoms with E-state index in [1.54, 1.807) is 24.3 Å². The predicted octanol–water partition coefficient (Wildman–Crippen LogP) is 1.05. The molecule has 0 saturated carbocycles. The number of methoxy groups -OCH3 is 1. The Balaban J connectivity index is 2.38. The zero-order valence-electron chi connectivity index (χ0n) is 10.7. The first-order chi connectivity index (χ1) is 9.52. The number of carbonyl (C=O) groups excluding carboxylic acids is 1. The minimum absolute atomic E-state index is 0.0136. The molecular formula is C13H12ClN3O3. The number of ether oxygens (including phenoxy) is 1. The standard InChI is InChI=1S/C13H12ClN3O3/c1-20-10-11(14)16-7-17(13(10)19)6-8-3-2-4-9(5-8)12(15)18/h2-5,7H,6H2,1H3,(H2,15,18). The molecule has 104 valence electrons. The third-order valence-corrected chi connectivity index (χ3v) is 2.99. The molecule has 6 nitrogen and oxygen atoms in total. The number of hydrogen-bond donors (Lipinski definition) is 1. The minimum atomic E-state index is -0.522. The minimum Gasteiger partial charge on any atom is -0.489 e. The molecule has 0 spiro atoms. The van der Waals surface area contributed by atoms with Crippen molar-refractivity contribution in [3.05, 3.63) is 57.2 Å². The van der Waals surface area contributed by atoms with Gasteiger partial charge in [0.15, 0.2) is 5.15 Å². The normalized spacial score (nSPS) is 10.3. The maximum Gasteiger partial charge on any atom is 0.297 e. The fourth-order valence-corrected chi connectivity index (χ4v) is 1.96. The molecule has 0 aliphatic carbocycles. The molecule has 0 aliphatic heterocycles. The average molecular weight is 294 g/mol. The number of amides is 1. The van der Waals surface area contributed by atoms with Gasteiger partial charge in [-0.1, -0.05) is 23.7 Å². The van der Waals surface area contributed by atoms with Crippen LogP contribution in [0.4, 0.5) is 0 Å². The van der Waals surface area contributed by atoms with Crippen LogP contribution in [0, 0.1) is 0 Å². The molecule has 1 amide bonds. The number of nitrogens with two attached hydrogens (primary N) is 1. The number of halogens is 1. The lowest BCUT2D eigenvalue weighted by Gasteiger charge is -2.08. The van der Waals surface area contributed by atoms with Crippen LogP contribution in [0.2, 0.25) is 5.15 Å². The quantitative estimate of drug-likeness (QED) is 0.854. The molecule has 2 aromatic rings. The van der Waals surface area contributed by atoms with Gasteiger partial charge in [0.2, 0.25) is 11.7 Å². The van der Waals surface area contributed by atoms with Crippen LogP contribution in [0.15, 0.2) is 35.4 Å². The first-order valence-electron chi connectivity index (χ1n) is 5.70. The molecule has 0 fully saturated rings. The Morgan fingerprint density at radius 3 is 2.90 bits per heavy atom. The molecule has 0 bridgehead atoms. The van der Waals surface area contributed by atoms with Gasteiger partial charge in [0.25, 0.3) is 5.56 Å². The van der Waals surface area contributed by atoms with Gasteiger partial charge in [0.05, 0.1) is 20.0 Å². The molecule has 1 aromatic carbocycles. The van der Waals surface area contributed by atoms with E-state index >= 15 is 0 Å². The van der Waals surface area contributed by atoms with E-state index < -0.39 is 11.5 Å². The molecule has 0 unspecified atom stereocenters. The SMILES string of the molecule is COc1c(Cl)ncn(Cc2cccc(C(N)=O)c2)c1=O. The van der Waals surface area contributed by atoms with Crippen LogP contribution in [-0.2, 0) is 6.54 Å². The highest BCUT2D eigenvalue weighted by Crippen LogP contribution is 2.15. The monoisotopic (exact) mass is 293 g/mol. The van der Waals surface area contributed by atoms with E-state index in [1.807, 2.05) is 0 Å². The molecule has 7 heteroatoms. The average Bonchev–Trinajstić information content (AvgIpc) is 2.43. The molecule has 0 radical (unpaired) electrons. The van der Waals surface area contributed by atoms with Crippen molar-refractivity contribution < 1.29 is 9.53 Å². The Kier molecular flexibility index (Phi) is 4.05. The summed E-state index contributed by atoms with van der Waals surface area (Å²) in [5, 5.41) is 0.0136. The van der Waals surface area contributed by atoms with Crippen molar-refractivity contribution in [2.24, 2.45) is 5.73 Å². The van der Waals surface area contributed by atoms with Crippen molar-refractivity contribution in [2.75, 3.05) is 7.11 Å². The van der Waals surface area contributed by atoms with Crippen molar-refractivity contribution in [3.8, 4) is 5.75 Å². The largest absolute Gasteiger partial charge is 0.489 e. The van der Waals surface area contributed by atoms with Gasteiger partial charge >= 0.3 is 0 Å². The molecule has 1 heterocycles. The number of carbonyl (C=O) groups is 1. The Labute approximate surface area is 119 Å². The van der Waals surface area contributed by atoms with Gasteiger partial charge in [0.1, 0.15) is 0 Å². The summed E-state index contributed by atoms with van der Waals surface area (Å²) < 4.78 is 6.25. The summed E-state index contributed by atoms with van der Waals surface area (Å²) in [6.45, 7) is 0.237. The number of rotatable bonds is 4. The third-order valence-electron chi connectivity index (χ3n) is 2.72. The topological polar surface area (TPSA) is 87.2 Å². The van der Waals surface area contributed by atoms with E-state index in [0.29, 0.717) is 5.56 Å². The van der Waals surface area contributed by atoms with E-state index in [4.69, 9.17) is 22.1 Å². The van der Waals surface area contributed by atoms with Crippen molar-refractivity contribution >= 4 is 17.5 Å². The summed E-state index contributed by atoms with van der Waals surface area (Å²) in [6.07, 6.45) is 1.32. The predicted molar refractivity (Wildman–Crippen MR) is 74.1 cm³/mol. The van der Waals surface area contributed by atoms with Crippen LogP contribution < -0.4 is 16.0 Å². The lowest BCUT2D eigenvalue weighted by atomic mass is 10.1. The second-order valence-corrected chi connectivity index (χ2v) is 4.42. The van der Waals surface area contributed by atoms with Crippen molar-refractivity contribution in [3.63, 3.8) is 0 Å². The van der Waals surface area contributed by atoms with Crippen LogP contribution in [0.3, 0.4) is 0 Å². The van der Waals surface area contributed by atoms with E-state index in [9.17, 15) is 9.59 Å². The second kappa shape index (κ2) is 5.75. The van der Waals surface area contributed by atoms with Gasteiger partial charge in [-0.05, 0) is 17.7 Å². The van der Waals surface area contributed by atoms with Crippen LogP contribution in [0.25, 0.3) is 0 Å². The van der Waals surface area contributed by atoms with Gasteiger partial charge in [-0.25, -0.2) is 4.98 Å². The van der Waals surface area contributed by atoms with Crippen LogP contribution in [0.1, 0.15) is 15.9 Å². The molecule has 0 atom stereocenters. The summed E-state index contributed by atoms with van der Waals surface area (Å²) in [5.41, 5.74) is 5.95. The summed E-state index contributed by atoms with van der Waals surface area (Å²) in [7, 11) is 1.35. The Morgan fingerprint density at radius 1 is 1.50 bits per heavy atom. The van der Waals surface area contributed by atoms with Gasteiger partial charge in [-0.2, -0.15) is 0 Å². The molecule has 20 heavy (non-hydrogen) atoms. The fraction of sp³-hybridized carbons (Fsp3) is 0.154. The van der Waals surface area contributed by atoms with Gasteiger partial charge < -0.3 is 10.5 Å². The van der Waals surface area contributed by atoms with Crippen LogP contribution in [-0.4, -0.2) is 22.6 Å². The molecule has 2 rings (SSSR count). The number of benzene rings is 1. The number of hydrogen-bond acceptors (Lipinski definition) is 4. The van der Waals surface area contributed by atoms with E-state index in [2.05, 4.69) is 4.98 Å². The van der Waals surface area contributed by atoms with Crippen LogP contribution in [0.5, 0.6) is 5.75 Å². The molecular weight excluding hydrogens is 282 g/mol. The summed E-state index contributed by atoms with van der Waals surface area (Å²) >= 11 is 5.76. The summed E-state index contributed by atoms with van der Waals surface area (Å²) in [5.74, 6) is -0.536. The highest BCUT2D eigenvalue weighted by Gasteiger charge is 2.11. The third kappa shape index (κ3) is 2.80. The number of aromatic nitrogens is 2. The second-order valence-electron chi connectivity index (χ2n) is 4.07. The zero-order chi connectivity index (χ0) is 14.7. The van der Waals surface area contributed by atoms with E-state index in [-0.39, 0.29) is 17.4 Å². The first-order valence-corrected chi connectivity index (χ1v) is 6.08. The van der Waals surface area contributed by atoms with Gasteiger partial charge in [-0.3, -0.25) is 14.2 Å². The first kappa shape index (κ1) is 14.1. The van der Waals surface area contributed by atoms with E-state index in [0.717, 1.165) is 5.56 Å². The van der Waals surface area contributed by atoms with Crippen molar-refractivity contribution in [1.82, 2.24) is 9.55 Å². The highest BCUT2D eigenvalue weighted by atomic mass is 35.5. The maximum atomic E-state index is 12.1. The number of nitrogens with zero attached hydrogens (tertiary/aromatic N) is 2. The zero-order valence-corrected chi connectivity index (χ0v) is 11.4. The Bertz CT molecular complexity index is 712.